The lowest BCUT2D eigenvalue weighted by Gasteiger charge is -2.48. The molecule has 17 atom stereocenters. The second kappa shape index (κ2) is 37.9. The molecule has 3 aliphatic heterocycles. The Morgan fingerprint density at radius 1 is 0.486 bits per heavy atom. The number of allylic oxidation sites excluding steroid dienone is 3. The van der Waals surface area contributed by atoms with E-state index in [4.69, 9.17) is 28.4 Å². The molecule has 0 saturated carbocycles. The number of aliphatic hydroxyl groups is 11. The van der Waals surface area contributed by atoms with Crippen LogP contribution >= 0.6 is 0 Å². The normalized spacial score (nSPS) is 32.2. The van der Waals surface area contributed by atoms with E-state index in [1.165, 1.54) is 103 Å². The quantitative estimate of drug-likeness (QED) is 0.0311. The number of nitrogens with one attached hydrogen (secondary N) is 1. The van der Waals surface area contributed by atoms with Crippen LogP contribution in [0.25, 0.3) is 0 Å². The fourth-order valence-corrected chi connectivity index (χ4v) is 9.38. The number of amides is 1. The highest BCUT2D eigenvalue weighted by Crippen LogP contribution is 2.33. The summed E-state index contributed by atoms with van der Waals surface area (Å²) in [5.74, 6) is -0.287. The molecule has 0 aromatic heterocycles. The predicted molar refractivity (Wildman–Crippen MR) is 268 cm³/mol. The summed E-state index contributed by atoms with van der Waals surface area (Å²) in [6, 6.07) is -0.983. The van der Waals surface area contributed by atoms with E-state index >= 15 is 0 Å². The van der Waals surface area contributed by atoms with Crippen LogP contribution in [0.5, 0.6) is 0 Å². The highest BCUT2D eigenvalue weighted by molar-refractivity contribution is 5.76. The average molecular weight is 1040 g/mol. The van der Waals surface area contributed by atoms with Crippen molar-refractivity contribution in [3.8, 4) is 0 Å². The molecule has 3 saturated heterocycles. The van der Waals surface area contributed by atoms with E-state index in [1.54, 1.807) is 6.08 Å². The Kier molecular flexibility index (Phi) is 34.0. The van der Waals surface area contributed by atoms with Crippen LogP contribution < -0.4 is 5.32 Å². The topological polar surface area (TPSA) is 307 Å². The number of hydrogen-bond acceptors (Lipinski definition) is 18. The Bertz CT molecular complexity index is 1430. The summed E-state index contributed by atoms with van der Waals surface area (Å²) in [4.78, 5) is 13.2. The minimum absolute atomic E-state index is 0.239. The molecule has 0 bridgehead atoms. The Balaban J connectivity index is 1.55. The third-order valence-electron chi connectivity index (χ3n) is 14.0. The minimum atomic E-state index is -1.98. The van der Waals surface area contributed by atoms with Crippen molar-refractivity contribution in [3.63, 3.8) is 0 Å². The van der Waals surface area contributed by atoms with Crippen molar-refractivity contribution < 1.29 is 89.4 Å². The highest BCUT2D eigenvalue weighted by atomic mass is 16.8. The summed E-state index contributed by atoms with van der Waals surface area (Å²) in [5, 5.41) is 120. The van der Waals surface area contributed by atoms with Gasteiger partial charge in [-0.25, -0.2) is 0 Å². The number of unbranched alkanes of at least 4 members (excludes halogenated alkanes) is 21. The molecule has 3 heterocycles. The first-order valence-electron chi connectivity index (χ1n) is 27.6. The SMILES string of the molecule is CCCCCCCCC/C=C/CC/C=C/C(O)C(COC1OC(CO)C(OC2OC(CO)C(OC3OC(CO)C(O)C(O)C3O)C(O)C2O)C(O)C1O)NC(=O)CCCCCCCCCCCCCCCC. The molecule has 0 aromatic carbocycles. The van der Waals surface area contributed by atoms with Gasteiger partial charge in [0, 0.05) is 6.42 Å². The zero-order valence-corrected chi connectivity index (χ0v) is 43.4. The summed E-state index contributed by atoms with van der Waals surface area (Å²) in [5.41, 5.74) is 0. The van der Waals surface area contributed by atoms with Gasteiger partial charge in [-0.2, -0.15) is 0 Å². The maximum atomic E-state index is 13.2. The first-order chi connectivity index (χ1) is 34.8. The molecule has 19 heteroatoms. The Hall–Kier alpha value is -1.73. The first kappa shape index (κ1) is 64.6. The van der Waals surface area contributed by atoms with Crippen LogP contribution in [0.4, 0.5) is 0 Å². The Labute approximate surface area is 428 Å². The molecule has 72 heavy (non-hydrogen) atoms. The Morgan fingerprint density at radius 2 is 0.889 bits per heavy atom. The van der Waals surface area contributed by atoms with Gasteiger partial charge in [0.25, 0.3) is 0 Å². The summed E-state index contributed by atoms with van der Waals surface area (Å²) < 4.78 is 34.1. The van der Waals surface area contributed by atoms with E-state index in [0.29, 0.717) is 12.8 Å². The van der Waals surface area contributed by atoms with E-state index in [-0.39, 0.29) is 18.9 Å². The van der Waals surface area contributed by atoms with Crippen LogP contribution in [0.2, 0.25) is 0 Å². The van der Waals surface area contributed by atoms with E-state index in [9.17, 15) is 61.0 Å². The second-order valence-electron chi connectivity index (χ2n) is 20.0. The van der Waals surface area contributed by atoms with Gasteiger partial charge < -0.3 is 89.9 Å². The minimum Gasteiger partial charge on any atom is -0.394 e. The fourth-order valence-electron chi connectivity index (χ4n) is 9.38. The lowest BCUT2D eigenvalue weighted by Crippen LogP contribution is -2.66. The molecule has 0 spiro atoms. The highest BCUT2D eigenvalue weighted by Gasteiger charge is 2.53. The summed E-state index contributed by atoms with van der Waals surface area (Å²) in [6.45, 7) is 1.67. The molecule has 3 fully saturated rings. The van der Waals surface area contributed by atoms with E-state index in [0.717, 1.165) is 38.5 Å². The molecule has 1 amide bonds. The first-order valence-corrected chi connectivity index (χ1v) is 27.6. The maximum absolute atomic E-state index is 13.2. The number of rotatable bonds is 39. The lowest BCUT2D eigenvalue weighted by atomic mass is 9.96. The van der Waals surface area contributed by atoms with Crippen LogP contribution in [0.3, 0.4) is 0 Å². The van der Waals surface area contributed by atoms with Gasteiger partial charge in [0.05, 0.1) is 38.6 Å². The molecule has 12 N–H and O–H groups in total. The largest absolute Gasteiger partial charge is 0.394 e. The number of carbonyl (C=O) groups excluding carboxylic acids is 1. The standard InChI is InChI=1S/C53H97NO18/c1-3-5-7-9-11-13-15-17-19-21-23-25-27-29-31-41(59)54-36(37(58)30-28-26-24-22-20-18-16-14-12-10-8-6-4-2)35-67-51-47(65)44(62)49(39(33-56)69-51)72-53-48(66)45(63)50(40(34-57)70-53)71-52-46(64)43(61)42(60)38(32-55)68-52/h20,22,28,30,36-40,42-53,55-58,60-66H,3-19,21,23-27,29,31-35H2,1-2H3,(H,54,59)/b22-20+,30-28+. The van der Waals surface area contributed by atoms with Gasteiger partial charge in [0.1, 0.15) is 73.2 Å². The molecule has 0 aliphatic carbocycles. The third-order valence-corrected chi connectivity index (χ3v) is 14.0. The lowest BCUT2D eigenvalue weighted by molar-refractivity contribution is -0.379. The number of ether oxygens (including phenoxy) is 6. The number of carbonyl (C=O) groups is 1. The van der Waals surface area contributed by atoms with Crippen molar-refractivity contribution in [1.29, 1.82) is 0 Å². The summed E-state index contributed by atoms with van der Waals surface area (Å²) >= 11 is 0. The molecule has 17 unspecified atom stereocenters. The third kappa shape index (κ3) is 22.9. The summed E-state index contributed by atoms with van der Waals surface area (Å²) in [6.07, 6.45) is 8.88. The molecule has 422 valence electrons. The summed E-state index contributed by atoms with van der Waals surface area (Å²) in [7, 11) is 0. The molecular formula is C53H97NO18. The molecule has 3 aliphatic rings. The van der Waals surface area contributed by atoms with Crippen LogP contribution in [-0.2, 0) is 33.2 Å². The van der Waals surface area contributed by atoms with Crippen molar-refractivity contribution in [2.75, 3.05) is 26.4 Å². The smallest absolute Gasteiger partial charge is 0.220 e. The molecule has 0 radical (unpaired) electrons. The van der Waals surface area contributed by atoms with Gasteiger partial charge in [-0.1, -0.05) is 160 Å². The van der Waals surface area contributed by atoms with E-state index in [1.807, 2.05) is 6.08 Å². The van der Waals surface area contributed by atoms with Gasteiger partial charge in [-0.15, -0.1) is 0 Å². The van der Waals surface area contributed by atoms with E-state index in [2.05, 4.69) is 31.3 Å². The van der Waals surface area contributed by atoms with Crippen LogP contribution in [0.1, 0.15) is 174 Å². The van der Waals surface area contributed by atoms with Crippen molar-refractivity contribution >= 4 is 5.91 Å². The van der Waals surface area contributed by atoms with Crippen molar-refractivity contribution in [2.24, 2.45) is 0 Å². The second-order valence-corrected chi connectivity index (χ2v) is 20.0. The van der Waals surface area contributed by atoms with Gasteiger partial charge in [-0.05, 0) is 32.1 Å². The van der Waals surface area contributed by atoms with Gasteiger partial charge >= 0.3 is 0 Å². The zero-order valence-electron chi connectivity index (χ0n) is 43.4. The monoisotopic (exact) mass is 1040 g/mol. The van der Waals surface area contributed by atoms with Crippen LogP contribution in [0.15, 0.2) is 24.3 Å². The zero-order chi connectivity index (χ0) is 52.7. The molecular weight excluding hydrogens is 939 g/mol. The maximum Gasteiger partial charge on any atom is 0.220 e. The van der Waals surface area contributed by atoms with Crippen molar-refractivity contribution in [3.05, 3.63) is 24.3 Å². The van der Waals surface area contributed by atoms with Crippen molar-refractivity contribution in [2.45, 2.75) is 279 Å². The van der Waals surface area contributed by atoms with Crippen LogP contribution in [0, 0.1) is 0 Å². The Morgan fingerprint density at radius 3 is 1.39 bits per heavy atom. The van der Waals surface area contributed by atoms with Gasteiger partial charge in [0.2, 0.25) is 5.91 Å². The van der Waals surface area contributed by atoms with E-state index < -0.39 is 124 Å². The average Bonchev–Trinajstić information content (AvgIpc) is 3.37. The number of aliphatic hydroxyl groups excluding tert-OH is 11. The van der Waals surface area contributed by atoms with Crippen molar-refractivity contribution in [1.82, 2.24) is 5.32 Å². The van der Waals surface area contributed by atoms with Gasteiger partial charge in [-0.3, -0.25) is 4.79 Å². The predicted octanol–water partition coefficient (Wildman–Crippen LogP) is 3.20. The van der Waals surface area contributed by atoms with Gasteiger partial charge in [0.15, 0.2) is 18.9 Å². The fraction of sp³-hybridized carbons (Fsp3) is 0.906. The molecule has 0 aromatic rings. The number of hydrogen-bond donors (Lipinski definition) is 12. The molecule has 3 rings (SSSR count). The van der Waals surface area contributed by atoms with Crippen LogP contribution in [-0.4, -0.2) is 193 Å². The molecule has 19 nitrogen and oxygen atoms in total.